The molecule has 68 valence electrons. The van der Waals surface area contributed by atoms with Crippen molar-refractivity contribution in [2.75, 3.05) is 6.54 Å². The van der Waals surface area contributed by atoms with Crippen LogP contribution in [0.1, 0.15) is 39.0 Å². The number of hydrogen-bond donors (Lipinski definition) is 1. The van der Waals surface area contributed by atoms with Crippen LogP contribution in [0.2, 0.25) is 0 Å². The van der Waals surface area contributed by atoms with Crippen LogP contribution in [0, 0.1) is 17.2 Å². The SMILES string of the molecule is CC(CC#N)CC1CCCCN1. The molecule has 2 heteroatoms. The summed E-state index contributed by atoms with van der Waals surface area (Å²) < 4.78 is 0. The molecule has 0 aliphatic carbocycles. The topological polar surface area (TPSA) is 35.8 Å². The lowest BCUT2D eigenvalue weighted by molar-refractivity contribution is 0.339. The summed E-state index contributed by atoms with van der Waals surface area (Å²) in [5.41, 5.74) is 0. The van der Waals surface area contributed by atoms with Crippen LogP contribution in [0.4, 0.5) is 0 Å². The number of hydrogen-bond acceptors (Lipinski definition) is 2. The monoisotopic (exact) mass is 166 g/mol. The van der Waals surface area contributed by atoms with Crippen molar-refractivity contribution in [3.8, 4) is 6.07 Å². The van der Waals surface area contributed by atoms with Gasteiger partial charge in [-0.15, -0.1) is 0 Å². The summed E-state index contributed by atoms with van der Waals surface area (Å²) in [7, 11) is 0. The van der Waals surface area contributed by atoms with Gasteiger partial charge in [0.2, 0.25) is 0 Å². The van der Waals surface area contributed by atoms with Crippen LogP contribution < -0.4 is 5.32 Å². The molecule has 0 saturated carbocycles. The Balaban J connectivity index is 2.16. The molecule has 0 aromatic carbocycles. The average molecular weight is 166 g/mol. The molecule has 0 amide bonds. The molecule has 1 aliphatic rings. The predicted molar refractivity (Wildman–Crippen MR) is 49.7 cm³/mol. The summed E-state index contributed by atoms with van der Waals surface area (Å²) >= 11 is 0. The Labute approximate surface area is 75.0 Å². The highest BCUT2D eigenvalue weighted by Gasteiger charge is 2.15. The number of nitrogens with zero attached hydrogens (tertiary/aromatic N) is 1. The molecule has 0 aromatic heterocycles. The summed E-state index contributed by atoms with van der Waals surface area (Å²) in [6.07, 6.45) is 5.86. The third kappa shape index (κ3) is 3.23. The molecular formula is C10H18N2. The first kappa shape index (κ1) is 9.54. The van der Waals surface area contributed by atoms with Crippen LogP contribution in [0.15, 0.2) is 0 Å². The van der Waals surface area contributed by atoms with Crippen molar-refractivity contribution < 1.29 is 0 Å². The highest BCUT2D eigenvalue weighted by Crippen LogP contribution is 2.16. The molecule has 0 bridgehead atoms. The molecule has 2 atom stereocenters. The molecule has 2 unspecified atom stereocenters. The largest absolute Gasteiger partial charge is 0.314 e. The molecule has 1 aliphatic heterocycles. The quantitative estimate of drug-likeness (QED) is 0.696. The third-order valence-corrected chi connectivity index (χ3v) is 2.54. The first-order valence-corrected chi connectivity index (χ1v) is 4.93. The first-order chi connectivity index (χ1) is 5.83. The van der Waals surface area contributed by atoms with Crippen molar-refractivity contribution in [1.82, 2.24) is 5.32 Å². The van der Waals surface area contributed by atoms with E-state index in [0.717, 1.165) is 0 Å². The second-order valence-electron chi connectivity index (χ2n) is 3.85. The maximum absolute atomic E-state index is 8.50. The van der Waals surface area contributed by atoms with E-state index in [1.165, 1.54) is 32.2 Å². The molecule has 2 nitrogen and oxygen atoms in total. The molecular weight excluding hydrogens is 148 g/mol. The second-order valence-corrected chi connectivity index (χ2v) is 3.85. The zero-order chi connectivity index (χ0) is 8.81. The molecule has 1 fully saturated rings. The molecule has 0 radical (unpaired) electrons. The zero-order valence-corrected chi connectivity index (χ0v) is 7.84. The predicted octanol–water partition coefficient (Wildman–Crippen LogP) is 2.07. The third-order valence-electron chi connectivity index (χ3n) is 2.54. The van der Waals surface area contributed by atoms with Gasteiger partial charge in [-0.25, -0.2) is 0 Å². The summed E-state index contributed by atoms with van der Waals surface area (Å²) in [5.74, 6) is 0.561. The molecule has 0 aromatic rings. The normalized spacial score (nSPS) is 26.2. The minimum Gasteiger partial charge on any atom is -0.314 e. The van der Waals surface area contributed by atoms with Crippen LogP contribution in [-0.2, 0) is 0 Å². The van der Waals surface area contributed by atoms with E-state index in [4.69, 9.17) is 5.26 Å². The summed E-state index contributed by atoms with van der Waals surface area (Å²) in [6.45, 7) is 3.34. The maximum atomic E-state index is 8.50. The number of nitriles is 1. The average Bonchev–Trinajstić information content (AvgIpc) is 2.06. The van der Waals surface area contributed by atoms with Crippen molar-refractivity contribution in [2.45, 2.75) is 45.1 Å². The summed E-state index contributed by atoms with van der Waals surface area (Å²) in [5, 5.41) is 12.0. The zero-order valence-electron chi connectivity index (χ0n) is 7.84. The van der Waals surface area contributed by atoms with Gasteiger partial charge in [-0.2, -0.15) is 5.26 Å². The van der Waals surface area contributed by atoms with Crippen LogP contribution in [0.5, 0.6) is 0 Å². The van der Waals surface area contributed by atoms with E-state index in [-0.39, 0.29) is 0 Å². The molecule has 0 spiro atoms. The van der Waals surface area contributed by atoms with Crippen molar-refractivity contribution in [2.24, 2.45) is 5.92 Å². The summed E-state index contributed by atoms with van der Waals surface area (Å²) in [4.78, 5) is 0. The number of piperidine rings is 1. The van der Waals surface area contributed by atoms with Gasteiger partial charge in [0.1, 0.15) is 0 Å². The van der Waals surface area contributed by atoms with Gasteiger partial charge >= 0.3 is 0 Å². The van der Waals surface area contributed by atoms with Crippen molar-refractivity contribution in [1.29, 1.82) is 5.26 Å². The standard InChI is InChI=1S/C10H18N2/c1-9(5-6-11)8-10-4-2-3-7-12-10/h9-10,12H,2-5,7-8H2,1H3. The smallest absolute Gasteiger partial charge is 0.0624 e. The fourth-order valence-electron chi connectivity index (χ4n) is 1.85. The lowest BCUT2D eigenvalue weighted by Gasteiger charge is -2.25. The second kappa shape index (κ2) is 5.16. The number of rotatable bonds is 3. The van der Waals surface area contributed by atoms with Gasteiger partial charge in [0.15, 0.2) is 0 Å². The minimum atomic E-state index is 0.561. The highest BCUT2D eigenvalue weighted by atomic mass is 14.9. The van der Waals surface area contributed by atoms with Crippen LogP contribution in [-0.4, -0.2) is 12.6 Å². The molecule has 1 N–H and O–H groups in total. The minimum absolute atomic E-state index is 0.561. The Morgan fingerprint density at radius 3 is 3.00 bits per heavy atom. The van der Waals surface area contributed by atoms with Gasteiger partial charge in [0.05, 0.1) is 6.07 Å². The van der Waals surface area contributed by atoms with E-state index in [1.807, 2.05) is 0 Å². The van der Waals surface area contributed by atoms with Gasteiger partial charge in [0.25, 0.3) is 0 Å². The van der Waals surface area contributed by atoms with E-state index < -0.39 is 0 Å². The lowest BCUT2D eigenvalue weighted by atomic mass is 9.93. The van der Waals surface area contributed by atoms with Gasteiger partial charge in [-0.3, -0.25) is 0 Å². The fourth-order valence-corrected chi connectivity index (χ4v) is 1.85. The van der Waals surface area contributed by atoms with Crippen LogP contribution >= 0.6 is 0 Å². The number of nitrogens with one attached hydrogen (secondary N) is 1. The Kier molecular flexibility index (Phi) is 4.10. The molecule has 1 saturated heterocycles. The maximum Gasteiger partial charge on any atom is 0.0624 e. The fraction of sp³-hybridized carbons (Fsp3) is 0.900. The van der Waals surface area contributed by atoms with Crippen molar-refractivity contribution in [3.63, 3.8) is 0 Å². The summed E-state index contributed by atoms with van der Waals surface area (Å²) in [6, 6.07) is 2.91. The van der Waals surface area contributed by atoms with E-state index in [0.29, 0.717) is 18.4 Å². The van der Waals surface area contributed by atoms with Crippen molar-refractivity contribution >= 4 is 0 Å². The Hall–Kier alpha value is -0.550. The van der Waals surface area contributed by atoms with Crippen molar-refractivity contribution in [3.05, 3.63) is 0 Å². The van der Waals surface area contributed by atoms with E-state index >= 15 is 0 Å². The Morgan fingerprint density at radius 1 is 1.58 bits per heavy atom. The Morgan fingerprint density at radius 2 is 2.42 bits per heavy atom. The van der Waals surface area contributed by atoms with Crippen LogP contribution in [0.25, 0.3) is 0 Å². The Bertz CT molecular complexity index is 154. The van der Waals surface area contributed by atoms with Gasteiger partial charge < -0.3 is 5.32 Å². The molecule has 1 rings (SSSR count). The molecule has 1 heterocycles. The van der Waals surface area contributed by atoms with Gasteiger partial charge in [-0.05, 0) is 31.7 Å². The van der Waals surface area contributed by atoms with Gasteiger partial charge in [-0.1, -0.05) is 13.3 Å². The van der Waals surface area contributed by atoms with Gasteiger partial charge in [0, 0.05) is 12.5 Å². The van der Waals surface area contributed by atoms with Crippen LogP contribution in [0.3, 0.4) is 0 Å². The van der Waals surface area contributed by atoms with E-state index in [2.05, 4.69) is 18.3 Å². The highest BCUT2D eigenvalue weighted by molar-refractivity contribution is 4.79. The first-order valence-electron chi connectivity index (χ1n) is 4.93. The molecule has 12 heavy (non-hydrogen) atoms. The van der Waals surface area contributed by atoms with E-state index in [1.54, 1.807) is 0 Å². The van der Waals surface area contributed by atoms with E-state index in [9.17, 15) is 0 Å². The lowest BCUT2D eigenvalue weighted by Crippen LogP contribution is -2.35.